The van der Waals surface area contributed by atoms with Gasteiger partial charge < -0.3 is 5.73 Å². The predicted octanol–water partition coefficient (Wildman–Crippen LogP) is 5.16. The monoisotopic (exact) mass is 453 g/mol. The van der Waals surface area contributed by atoms with E-state index in [2.05, 4.69) is 16.3 Å². The number of nitrogens with one attached hydrogen (secondary N) is 1. The minimum absolute atomic E-state index is 0.0374. The second-order valence-electron chi connectivity index (χ2n) is 9.54. The lowest BCUT2D eigenvalue weighted by molar-refractivity contribution is -0.118. The van der Waals surface area contributed by atoms with Crippen molar-refractivity contribution in [2.45, 2.75) is 32.6 Å². The van der Waals surface area contributed by atoms with Gasteiger partial charge in [0.2, 0.25) is 0 Å². The van der Waals surface area contributed by atoms with Crippen LogP contribution in [0, 0.1) is 22.6 Å². The van der Waals surface area contributed by atoms with Gasteiger partial charge in [0, 0.05) is 23.8 Å². The van der Waals surface area contributed by atoms with Gasteiger partial charge in [-0.05, 0) is 35.1 Å². The highest BCUT2D eigenvalue weighted by molar-refractivity contribution is 6.01. The number of H-pyrrole nitrogens is 1. The fraction of sp³-hybridized carbons (Fsp3) is 0.222. The number of halogens is 1. The molecule has 0 saturated heterocycles. The largest absolute Gasteiger partial charge is 0.384 e. The zero-order chi connectivity index (χ0) is 24.0. The first-order valence-electron chi connectivity index (χ1n) is 11.1. The Labute approximate surface area is 197 Å². The van der Waals surface area contributed by atoms with Gasteiger partial charge in [-0.25, -0.2) is 4.39 Å². The van der Waals surface area contributed by atoms with E-state index in [1.165, 1.54) is 12.1 Å². The number of hydrogen-bond donors (Lipinski definition) is 2. The number of aromatic nitrogens is 2. The highest BCUT2D eigenvalue weighted by Crippen LogP contribution is 2.50. The Hall–Kier alpha value is -4.18. The van der Waals surface area contributed by atoms with Crippen LogP contribution in [0.4, 0.5) is 10.2 Å². The highest BCUT2D eigenvalue weighted by atomic mass is 19.1. The number of benzene rings is 2. The third-order valence-electron chi connectivity index (χ3n) is 6.46. The summed E-state index contributed by atoms with van der Waals surface area (Å²) in [7, 11) is 0. The number of aromatic amines is 1. The summed E-state index contributed by atoms with van der Waals surface area (Å²) in [5, 5.41) is 17.7. The Morgan fingerprint density at radius 1 is 1.15 bits per heavy atom. The fourth-order valence-corrected chi connectivity index (χ4v) is 4.95. The van der Waals surface area contributed by atoms with Crippen LogP contribution in [-0.2, 0) is 4.79 Å². The molecule has 0 saturated carbocycles. The summed E-state index contributed by atoms with van der Waals surface area (Å²) >= 11 is 0. The number of nitriles is 1. The van der Waals surface area contributed by atoms with E-state index in [4.69, 9.17) is 5.73 Å². The summed E-state index contributed by atoms with van der Waals surface area (Å²) in [5.41, 5.74) is 10.3. The Kier molecular flexibility index (Phi) is 5.09. The fourth-order valence-electron chi connectivity index (χ4n) is 4.95. The average Bonchev–Trinajstić information content (AvgIpc) is 3.28. The van der Waals surface area contributed by atoms with Gasteiger partial charge in [-0.2, -0.15) is 10.4 Å². The minimum atomic E-state index is -0.645. The van der Waals surface area contributed by atoms with Crippen LogP contribution in [0.2, 0.25) is 0 Å². The molecule has 170 valence electrons. The van der Waals surface area contributed by atoms with Crippen LogP contribution < -0.4 is 10.6 Å². The van der Waals surface area contributed by atoms with Crippen molar-refractivity contribution < 1.29 is 9.18 Å². The number of hydrogen-bond acceptors (Lipinski definition) is 5. The molecular formula is C27H24FN5O. The first-order valence-corrected chi connectivity index (χ1v) is 11.1. The van der Waals surface area contributed by atoms with Gasteiger partial charge in [0.25, 0.3) is 0 Å². The molecule has 1 aromatic heterocycles. The van der Waals surface area contributed by atoms with E-state index in [0.717, 1.165) is 17.0 Å². The molecule has 2 heterocycles. The molecule has 1 aliphatic heterocycles. The van der Waals surface area contributed by atoms with E-state index < -0.39 is 5.92 Å². The van der Waals surface area contributed by atoms with E-state index >= 15 is 0 Å². The van der Waals surface area contributed by atoms with E-state index in [9.17, 15) is 14.4 Å². The normalized spacial score (nSPS) is 19.8. The number of carbonyl (C=O) groups is 1. The standard InChI is InChI=1S/C27H24FN5O/c1-27(2)13-21-25(22(34)14-27)24(17-8-10-18(28)11-9-17)19(15-29)26(30)33(21)23-12-20(31-32-23)16-6-4-3-5-7-16/h3-12,24H,13-14,30H2,1-2H3,(H,31,32). The average molecular weight is 454 g/mol. The third-order valence-corrected chi connectivity index (χ3v) is 6.46. The second kappa shape index (κ2) is 7.99. The Morgan fingerprint density at radius 2 is 1.85 bits per heavy atom. The summed E-state index contributed by atoms with van der Waals surface area (Å²) in [6.45, 7) is 4.08. The molecule has 0 spiro atoms. The van der Waals surface area contributed by atoms with Crippen LogP contribution in [0.3, 0.4) is 0 Å². The van der Waals surface area contributed by atoms with E-state index in [1.54, 1.807) is 17.0 Å². The first-order chi connectivity index (χ1) is 16.3. The summed E-state index contributed by atoms with van der Waals surface area (Å²) < 4.78 is 13.6. The van der Waals surface area contributed by atoms with Gasteiger partial charge in [0.1, 0.15) is 11.6 Å². The molecule has 0 radical (unpaired) electrons. The molecule has 3 N–H and O–H groups in total. The predicted molar refractivity (Wildman–Crippen MR) is 128 cm³/mol. The first kappa shape index (κ1) is 21.7. The summed E-state index contributed by atoms with van der Waals surface area (Å²) in [5.74, 6) is -0.323. The molecule has 2 aliphatic rings. The quantitative estimate of drug-likeness (QED) is 0.571. The molecular weight excluding hydrogens is 429 g/mol. The van der Waals surface area contributed by atoms with Crippen LogP contribution in [-0.4, -0.2) is 16.0 Å². The van der Waals surface area contributed by atoms with Crippen molar-refractivity contribution in [1.82, 2.24) is 10.2 Å². The van der Waals surface area contributed by atoms with Crippen molar-refractivity contribution in [3.8, 4) is 17.3 Å². The molecule has 1 aliphatic carbocycles. The van der Waals surface area contributed by atoms with Gasteiger partial charge in [-0.1, -0.05) is 56.3 Å². The maximum Gasteiger partial charge on any atom is 0.162 e. The summed E-state index contributed by atoms with van der Waals surface area (Å²) in [6, 6.07) is 19.7. The number of nitrogens with two attached hydrogens (primary N) is 1. The summed E-state index contributed by atoms with van der Waals surface area (Å²) in [6.07, 6.45) is 0.935. The van der Waals surface area contributed by atoms with Crippen LogP contribution in [0.15, 0.2) is 83.3 Å². The highest BCUT2D eigenvalue weighted by Gasteiger charge is 2.45. The number of ketones is 1. The maximum absolute atomic E-state index is 13.6. The molecule has 7 heteroatoms. The van der Waals surface area contributed by atoms with Crippen LogP contribution in [0.1, 0.15) is 38.2 Å². The lowest BCUT2D eigenvalue weighted by Gasteiger charge is -2.43. The second-order valence-corrected chi connectivity index (χ2v) is 9.54. The minimum Gasteiger partial charge on any atom is -0.384 e. The van der Waals surface area contributed by atoms with Crippen molar-refractivity contribution in [1.29, 1.82) is 5.26 Å². The molecule has 3 aromatic rings. The molecule has 5 rings (SSSR count). The number of allylic oxidation sites excluding steroid dienone is 3. The van der Waals surface area contributed by atoms with Gasteiger partial charge in [0.15, 0.2) is 11.6 Å². The Morgan fingerprint density at radius 3 is 2.53 bits per heavy atom. The molecule has 1 unspecified atom stereocenters. The molecule has 0 amide bonds. The van der Waals surface area contributed by atoms with Crippen LogP contribution in [0.25, 0.3) is 11.3 Å². The van der Waals surface area contributed by atoms with Gasteiger partial charge >= 0.3 is 0 Å². The van der Waals surface area contributed by atoms with E-state index in [-0.39, 0.29) is 28.4 Å². The Bertz CT molecular complexity index is 1380. The van der Waals surface area contributed by atoms with Crippen molar-refractivity contribution in [3.05, 3.63) is 94.7 Å². The maximum atomic E-state index is 13.6. The number of nitrogens with zero attached hydrogens (tertiary/aromatic N) is 3. The van der Waals surface area contributed by atoms with Gasteiger partial charge in [0.05, 0.1) is 23.3 Å². The molecule has 2 aromatic carbocycles. The zero-order valence-electron chi connectivity index (χ0n) is 19.0. The van der Waals surface area contributed by atoms with Crippen molar-refractivity contribution in [2.24, 2.45) is 11.1 Å². The zero-order valence-corrected chi connectivity index (χ0v) is 19.0. The van der Waals surface area contributed by atoms with Crippen LogP contribution >= 0.6 is 0 Å². The van der Waals surface area contributed by atoms with Crippen LogP contribution in [0.5, 0.6) is 0 Å². The molecule has 6 nitrogen and oxygen atoms in total. The topological polar surface area (TPSA) is 98.8 Å². The SMILES string of the molecule is CC1(C)CC(=O)C2=C(C1)N(c1cc(-c3ccccc3)[nH]n1)C(N)=C(C#N)C2c1ccc(F)cc1. The van der Waals surface area contributed by atoms with Crippen molar-refractivity contribution in [3.63, 3.8) is 0 Å². The summed E-state index contributed by atoms with van der Waals surface area (Å²) in [4.78, 5) is 15.2. The molecule has 0 bridgehead atoms. The number of Topliss-reactive ketones (excluding diaryl/α,β-unsaturated/α-hetero) is 1. The molecule has 34 heavy (non-hydrogen) atoms. The number of carbonyl (C=O) groups excluding carboxylic acids is 1. The van der Waals surface area contributed by atoms with Crippen molar-refractivity contribution >= 4 is 11.6 Å². The van der Waals surface area contributed by atoms with E-state index in [1.807, 2.05) is 50.2 Å². The molecule has 1 atom stereocenters. The third kappa shape index (κ3) is 3.57. The Balaban J connectivity index is 1.70. The van der Waals surface area contributed by atoms with Crippen molar-refractivity contribution in [2.75, 3.05) is 4.90 Å². The number of rotatable bonds is 3. The lowest BCUT2D eigenvalue weighted by atomic mass is 9.68. The van der Waals surface area contributed by atoms with Gasteiger partial charge in [-0.3, -0.25) is 14.8 Å². The lowest BCUT2D eigenvalue weighted by Crippen LogP contribution is -2.42. The smallest absolute Gasteiger partial charge is 0.162 e. The van der Waals surface area contributed by atoms with E-state index in [0.29, 0.717) is 29.8 Å². The van der Waals surface area contributed by atoms with Gasteiger partial charge in [-0.15, -0.1) is 0 Å². The molecule has 0 fully saturated rings. The number of anilines is 1.